The van der Waals surface area contributed by atoms with Gasteiger partial charge >= 0.3 is 0 Å². The van der Waals surface area contributed by atoms with E-state index in [1.807, 2.05) is 0 Å². The third kappa shape index (κ3) is 9.06. The molecule has 0 radical (unpaired) electrons. The molecule has 0 N–H and O–H groups in total. The quantitative estimate of drug-likeness (QED) is 0.183. The second-order valence-corrected chi connectivity index (χ2v) is 9.13. The van der Waals surface area contributed by atoms with Crippen LogP contribution in [0.3, 0.4) is 0 Å². The zero-order valence-corrected chi connectivity index (χ0v) is 20.1. The van der Waals surface area contributed by atoms with E-state index in [1.165, 1.54) is 101 Å². The summed E-state index contributed by atoms with van der Waals surface area (Å²) in [6.07, 6.45) is 24.4. The highest BCUT2D eigenvalue weighted by molar-refractivity contribution is 5.19. The van der Waals surface area contributed by atoms with E-state index in [4.69, 9.17) is 0 Å². The lowest BCUT2D eigenvalue weighted by atomic mass is 10.0. The summed E-state index contributed by atoms with van der Waals surface area (Å²) in [5.41, 5.74) is 1.37. The fraction of sp³-hybridized carbons (Fsp3) is 0.679. The second kappa shape index (κ2) is 15.3. The van der Waals surface area contributed by atoms with Crippen LogP contribution in [0.15, 0.2) is 42.7 Å². The molecule has 1 aromatic carbocycles. The van der Waals surface area contributed by atoms with Gasteiger partial charge in [0.2, 0.25) is 0 Å². The standard InChI is InChI=1S/C28H47N2/c1-4-5-6-7-8-9-10-11-12-13-14-15-16-20-23-29-24-25-30(27(29)3)26(2)28-21-18-17-19-22-28/h17-19,21-22,24-26H,4-16,20,23H2,1-3H3/q+1/t26-/m1/s1. The van der Waals surface area contributed by atoms with Gasteiger partial charge in [-0.15, -0.1) is 0 Å². The second-order valence-electron chi connectivity index (χ2n) is 9.13. The fourth-order valence-corrected chi connectivity index (χ4v) is 4.53. The lowest BCUT2D eigenvalue weighted by Crippen LogP contribution is -2.35. The summed E-state index contributed by atoms with van der Waals surface area (Å²) in [7, 11) is 0. The molecule has 0 saturated carbocycles. The van der Waals surface area contributed by atoms with Gasteiger partial charge in [-0.1, -0.05) is 114 Å². The maximum Gasteiger partial charge on any atom is 0.253 e. The number of imidazole rings is 1. The van der Waals surface area contributed by atoms with Gasteiger partial charge < -0.3 is 0 Å². The number of rotatable bonds is 17. The zero-order chi connectivity index (χ0) is 21.4. The van der Waals surface area contributed by atoms with E-state index < -0.39 is 0 Å². The molecule has 1 atom stereocenters. The maximum atomic E-state index is 2.43. The Labute approximate surface area is 186 Å². The number of aryl methyl sites for hydroxylation is 1. The molecule has 2 heteroatoms. The molecule has 30 heavy (non-hydrogen) atoms. The molecule has 0 saturated heterocycles. The predicted molar refractivity (Wildman–Crippen MR) is 130 cm³/mol. The van der Waals surface area contributed by atoms with E-state index in [1.54, 1.807) is 0 Å². The van der Waals surface area contributed by atoms with Crippen LogP contribution in [0.5, 0.6) is 0 Å². The summed E-state index contributed by atoms with van der Waals surface area (Å²) in [4.78, 5) is 0. The Bertz CT molecular complexity index is 659. The molecule has 168 valence electrons. The van der Waals surface area contributed by atoms with Crippen molar-refractivity contribution < 1.29 is 4.57 Å². The first-order valence-corrected chi connectivity index (χ1v) is 12.9. The number of hydrogen-bond donors (Lipinski definition) is 0. The van der Waals surface area contributed by atoms with E-state index in [2.05, 4.69) is 72.6 Å². The smallest absolute Gasteiger partial charge is 0.234 e. The van der Waals surface area contributed by atoms with Crippen molar-refractivity contribution in [2.45, 2.75) is 123 Å². The first-order chi connectivity index (χ1) is 14.7. The minimum Gasteiger partial charge on any atom is -0.234 e. The largest absolute Gasteiger partial charge is 0.253 e. The molecule has 0 spiro atoms. The van der Waals surface area contributed by atoms with Crippen LogP contribution in [-0.2, 0) is 6.54 Å². The van der Waals surface area contributed by atoms with Crippen molar-refractivity contribution in [1.82, 2.24) is 4.57 Å². The summed E-state index contributed by atoms with van der Waals surface area (Å²) in [6, 6.07) is 11.2. The molecular formula is C28H47N2+. The number of benzene rings is 1. The Morgan fingerprint density at radius 3 is 1.77 bits per heavy atom. The van der Waals surface area contributed by atoms with Gasteiger partial charge in [0.05, 0.1) is 6.54 Å². The van der Waals surface area contributed by atoms with Crippen molar-refractivity contribution in [3.8, 4) is 0 Å². The lowest BCUT2D eigenvalue weighted by molar-refractivity contribution is -0.702. The molecule has 0 aliphatic carbocycles. The van der Waals surface area contributed by atoms with Gasteiger partial charge in [-0.3, -0.25) is 0 Å². The van der Waals surface area contributed by atoms with Gasteiger partial charge in [0, 0.05) is 6.92 Å². The topological polar surface area (TPSA) is 8.81 Å². The average Bonchev–Trinajstić information content (AvgIpc) is 3.14. The van der Waals surface area contributed by atoms with Crippen molar-refractivity contribution in [1.29, 1.82) is 0 Å². The minimum atomic E-state index is 0.392. The molecule has 1 aromatic heterocycles. The highest BCUT2D eigenvalue weighted by Gasteiger charge is 2.18. The van der Waals surface area contributed by atoms with Crippen LogP contribution in [0, 0.1) is 6.92 Å². The number of hydrogen-bond acceptors (Lipinski definition) is 0. The van der Waals surface area contributed by atoms with Crippen LogP contribution >= 0.6 is 0 Å². The lowest BCUT2D eigenvalue weighted by Gasteiger charge is -2.10. The molecule has 0 amide bonds. The molecule has 2 rings (SSSR count). The van der Waals surface area contributed by atoms with Gasteiger partial charge in [0.15, 0.2) is 0 Å². The van der Waals surface area contributed by atoms with Crippen molar-refractivity contribution >= 4 is 0 Å². The molecule has 0 bridgehead atoms. The van der Waals surface area contributed by atoms with Crippen LogP contribution in [0.2, 0.25) is 0 Å². The monoisotopic (exact) mass is 411 g/mol. The van der Waals surface area contributed by atoms with Crippen LogP contribution in [0.1, 0.15) is 121 Å². The van der Waals surface area contributed by atoms with Gasteiger partial charge in [-0.2, -0.15) is 0 Å². The van der Waals surface area contributed by atoms with Gasteiger partial charge in [-0.25, -0.2) is 9.13 Å². The van der Waals surface area contributed by atoms with Crippen molar-refractivity contribution in [2.75, 3.05) is 0 Å². The summed E-state index contributed by atoms with van der Waals surface area (Å²) in [5.74, 6) is 1.36. The molecular weight excluding hydrogens is 364 g/mol. The first kappa shape index (κ1) is 24.7. The Balaban J connectivity index is 1.50. The number of aromatic nitrogens is 2. The third-order valence-electron chi connectivity index (χ3n) is 6.65. The van der Waals surface area contributed by atoms with E-state index >= 15 is 0 Å². The molecule has 0 aliphatic rings. The minimum absolute atomic E-state index is 0.392. The summed E-state index contributed by atoms with van der Waals surface area (Å²) in [5, 5.41) is 0. The third-order valence-corrected chi connectivity index (χ3v) is 6.65. The molecule has 0 unspecified atom stereocenters. The Kier molecular flexibility index (Phi) is 12.6. The fourth-order valence-electron chi connectivity index (χ4n) is 4.53. The van der Waals surface area contributed by atoms with E-state index in [0.717, 1.165) is 6.54 Å². The normalized spacial score (nSPS) is 12.4. The van der Waals surface area contributed by atoms with Crippen LogP contribution in [-0.4, -0.2) is 4.57 Å². The number of nitrogens with zero attached hydrogens (tertiary/aromatic N) is 2. The highest BCUT2D eigenvalue weighted by Crippen LogP contribution is 2.18. The molecule has 0 aliphatic heterocycles. The Morgan fingerprint density at radius 1 is 0.733 bits per heavy atom. The van der Waals surface area contributed by atoms with Gasteiger partial charge in [0.25, 0.3) is 5.82 Å². The molecule has 2 nitrogen and oxygen atoms in total. The SMILES string of the molecule is CCCCCCCCCCCCCCCC[n+]1ccn([C@H](C)c2ccccc2)c1C. The first-order valence-electron chi connectivity index (χ1n) is 12.9. The summed E-state index contributed by atoms with van der Waals surface area (Å²) in [6.45, 7) is 7.99. The average molecular weight is 412 g/mol. The van der Waals surface area contributed by atoms with E-state index in [0.29, 0.717) is 6.04 Å². The zero-order valence-electron chi connectivity index (χ0n) is 20.1. The highest BCUT2D eigenvalue weighted by atomic mass is 15.2. The maximum absolute atomic E-state index is 2.43. The van der Waals surface area contributed by atoms with E-state index in [9.17, 15) is 0 Å². The van der Waals surface area contributed by atoms with Crippen molar-refractivity contribution in [3.63, 3.8) is 0 Å². The van der Waals surface area contributed by atoms with Crippen LogP contribution < -0.4 is 4.57 Å². The summed E-state index contributed by atoms with van der Waals surface area (Å²) < 4.78 is 4.83. The van der Waals surface area contributed by atoms with E-state index in [-0.39, 0.29) is 0 Å². The van der Waals surface area contributed by atoms with Gasteiger partial charge in [0.1, 0.15) is 18.4 Å². The molecule has 1 heterocycles. The van der Waals surface area contributed by atoms with Crippen LogP contribution in [0.4, 0.5) is 0 Å². The van der Waals surface area contributed by atoms with Crippen molar-refractivity contribution in [3.05, 3.63) is 54.1 Å². The van der Waals surface area contributed by atoms with Crippen molar-refractivity contribution in [2.24, 2.45) is 0 Å². The van der Waals surface area contributed by atoms with Crippen LogP contribution in [0.25, 0.3) is 0 Å². The molecule has 2 aromatic rings. The number of unbranched alkanes of at least 4 members (excludes halogenated alkanes) is 13. The van der Waals surface area contributed by atoms with Gasteiger partial charge in [-0.05, 0) is 25.3 Å². The summed E-state index contributed by atoms with van der Waals surface area (Å²) >= 11 is 0. The predicted octanol–water partition coefficient (Wildman–Crippen LogP) is 8.17. The molecule has 0 fully saturated rings. The Hall–Kier alpha value is -1.57. The Morgan fingerprint density at radius 2 is 1.23 bits per heavy atom.